The van der Waals surface area contributed by atoms with Crippen LogP contribution in [0, 0.1) is 0 Å². The van der Waals surface area contributed by atoms with Crippen LogP contribution < -0.4 is 50.0 Å². The topological polar surface area (TPSA) is 370 Å². The second-order valence-corrected chi connectivity index (χ2v) is 16.9. The summed E-state index contributed by atoms with van der Waals surface area (Å²) < 4.78 is 139. The molecule has 6 aromatic rings. The third kappa shape index (κ3) is 10.5. The molecule has 59 heavy (non-hydrogen) atoms. The molecular weight excluding hydrogens is 975 g/mol. The van der Waals surface area contributed by atoms with E-state index in [4.69, 9.17) is 0 Å². The second kappa shape index (κ2) is 17.9. The van der Waals surface area contributed by atoms with Gasteiger partial charge in [0, 0.05) is 20.6 Å². The van der Waals surface area contributed by atoms with Gasteiger partial charge in [0.05, 0.1) is 32.5 Å². The van der Waals surface area contributed by atoms with Gasteiger partial charge in [0.2, 0.25) is 0 Å². The fourth-order valence-electron chi connectivity index (χ4n) is 5.28. The maximum atomic E-state index is 13.0. The maximum absolute atomic E-state index is 13.0. The third-order valence-electron chi connectivity index (χ3n) is 7.89. The molecule has 0 heterocycles. The van der Waals surface area contributed by atoms with Crippen LogP contribution in [0.5, 0.6) is 23.0 Å². The molecule has 27 heteroatoms. The second-order valence-electron chi connectivity index (χ2n) is 11.5. The first-order valence-corrected chi connectivity index (χ1v) is 20.4. The minimum Gasteiger partial charge on any atom is -0.871 e. The molecule has 0 aliphatic heterocycles. The zero-order valence-electron chi connectivity index (χ0n) is 28.6. The van der Waals surface area contributed by atoms with Crippen LogP contribution in [-0.4, -0.2) is 51.9 Å². The zero-order chi connectivity index (χ0) is 41.1. The molecule has 20 nitrogen and oxygen atoms in total. The summed E-state index contributed by atoms with van der Waals surface area (Å²) in [5, 5.41) is 65.3. The molecule has 0 aliphatic carbocycles. The van der Waals surface area contributed by atoms with E-state index in [1.54, 1.807) is 0 Å². The van der Waals surface area contributed by atoms with Crippen LogP contribution in [0.25, 0.3) is 32.7 Å². The Balaban J connectivity index is 0.00000310. The molecule has 6 aromatic carbocycles. The van der Waals surface area contributed by atoms with E-state index in [1.807, 2.05) is 0 Å². The zero-order valence-corrected chi connectivity index (χ0v) is 35.8. The van der Waals surface area contributed by atoms with Crippen molar-refractivity contribution >= 4 is 84.8 Å². The van der Waals surface area contributed by atoms with E-state index < -0.39 is 106 Å². The first-order valence-electron chi connectivity index (χ1n) is 14.8. The molecule has 0 unspecified atom stereocenters. The van der Waals surface area contributed by atoms with Gasteiger partial charge in [-0.25, -0.2) is 33.7 Å². The molecule has 0 saturated carbocycles. The van der Waals surface area contributed by atoms with Crippen LogP contribution in [0.15, 0.2) is 125 Å². The van der Waals surface area contributed by atoms with Crippen molar-refractivity contribution in [3.63, 3.8) is 0 Å². The van der Waals surface area contributed by atoms with Crippen LogP contribution >= 0.6 is 0 Å². The molecule has 0 fully saturated rings. The first-order chi connectivity index (χ1) is 25.9. The molecule has 0 atom stereocenters. The summed E-state index contributed by atoms with van der Waals surface area (Å²) in [7, 11) is -20.9. The Morgan fingerprint density at radius 1 is 0.407 bits per heavy atom. The molecule has 6 rings (SSSR count). The number of azo groups is 2. The quantitative estimate of drug-likeness (QED) is 0.0991. The predicted octanol–water partition coefficient (Wildman–Crippen LogP) is -0.599. The van der Waals surface area contributed by atoms with E-state index in [-0.39, 0.29) is 96.4 Å². The number of fused-ring (bicyclic) bond motifs is 2. The van der Waals surface area contributed by atoms with Crippen molar-refractivity contribution in [1.82, 2.24) is 0 Å². The molecule has 0 N–H and O–H groups in total. The summed E-state index contributed by atoms with van der Waals surface area (Å²) in [4.78, 5) is -4.26. The fourth-order valence-corrected chi connectivity index (χ4v) is 7.49. The molecule has 308 valence electrons. The van der Waals surface area contributed by atoms with E-state index in [2.05, 4.69) is 20.5 Å². The first kappa shape index (κ1) is 49.3. The van der Waals surface area contributed by atoms with E-state index in [0.29, 0.717) is 12.1 Å². The van der Waals surface area contributed by atoms with Gasteiger partial charge < -0.3 is 38.6 Å². The van der Waals surface area contributed by atoms with Crippen molar-refractivity contribution in [2.75, 3.05) is 0 Å². The normalized spacial score (nSPS) is 12.3. The molecule has 2 radical (unpaired) electrons. The van der Waals surface area contributed by atoms with Crippen LogP contribution in [-0.2, 0) is 74.6 Å². The number of rotatable bonds is 9. The number of hydrogen-bond acceptors (Lipinski definition) is 20. The van der Waals surface area contributed by atoms with E-state index in [1.165, 1.54) is 12.1 Å². The molecule has 0 amide bonds. The van der Waals surface area contributed by atoms with Crippen molar-refractivity contribution in [1.29, 1.82) is 0 Å². The van der Waals surface area contributed by atoms with Crippen molar-refractivity contribution in [3.05, 3.63) is 84.9 Å². The van der Waals surface area contributed by atoms with Crippen LogP contribution in [0.2, 0.25) is 0 Å². The summed E-state index contributed by atoms with van der Waals surface area (Å²) in [6.07, 6.45) is 0. The van der Waals surface area contributed by atoms with Crippen LogP contribution in [0.3, 0.4) is 0 Å². The maximum Gasteiger partial charge on any atom is 2.00 e. The van der Waals surface area contributed by atoms with Gasteiger partial charge in [0.15, 0.2) is 0 Å². The van der Waals surface area contributed by atoms with Crippen molar-refractivity contribution in [2.45, 2.75) is 19.6 Å². The molecular formula is C32H14Cu2N4NaO16S4-3. The average Bonchev–Trinajstić information content (AvgIpc) is 3.09. The number of nitrogens with zero attached hydrogens (tertiary/aromatic N) is 4. The summed E-state index contributed by atoms with van der Waals surface area (Å²) in [5.74, 6) is -4.54. The third-order valence-corrected chi connectivity index (χ3v) is 11.2. The number of hydrogen-bond donors (Lipinski definition) is 0. The van der Waals surface area contributed by atoms with Gasteiger partial charge in [-0.15, -0.1) is 0 Å². The monoisotopic (exact) mass is 987 g/mol. The largest absolute Gasteiger partial charge is 2.00 e. The Morgan fingerprint density at radius 2 is 0.746 bits per heavy atom. The van der Waals surface area contributed by atoms with Crippen molar-refractivity contribution in [2.24, 2.45) is 20.5 Å². The average molecular weight is 989 g/mol. The van der Waals surface area contributed by atoms with E-state index >= 15 is 0 Å². The molecule has 0 aliphatic rings. The summed E-state index contributed by atoms with van der Waals surface area (Å²) in [6.45, 7) is 0. The smallest absolute Gasteiger partial charge is 0.871 e. The minimum atomic E-state index is -5.44. The van der Waals surface area contributed by atoms with E-state index in [0.717, 1.165) is 60.7 Å². The minimum absolute atomic E-state index is 0. The number of benzene rings is 6. The summed E-state index contributed by atoms with van der Waals surface area (Å²) >= 11 is 0. The Bertz CT molecular complexity index is 2990. The summed E-state index contributed by atoms with van der Waals surface area (Å²) in [6, 6.07) is 12.9. The SMILES string of the molecule is O=S(=O)([O-])c1ccc2c(N=Nc3ccc(-c4ccc(N=Nc5c([O-])c(S(=O)(=O)[O-])cc6cc(S(=O)(=O)[O-])ccc56)c([O-])c4)cc3[O-])c([O-])c(S(=O)(=O)[O-])cc2c1.[Cu+2].[Cu+2].[Na+]. The molecule has 0 aromatic heterocycles. The van der Waals surface area contributed by atoms with E-state index in [9.17, 15) is 72.3 Å². The van der Waals surface area contributed by atoms with Crippen molar-refractivity contribution < 1.29 is 136 Å². The van der Waals surface area contributed by atoms with Gasteiger partial charge in [0.1, 0.15) is 40.5 Å². The molecule has 0 bridgehead atoms. The van der Waals surface area contributed by atoms with Crippen molar-refractivity contribution in [3.8, 4) is 34.1 Å². The Labute approximate surface area is 376 Å². The Kier molecular flexibility index (Phi) is 14.9. The molecule has 0 spiro atoms. The van der Waals surface area contributed by atoms with Crippen LogP contribution in [0.4, 0.5) is 22.7 Å². The fraction of sp³-hybridized carbons (Fsp3) is 0. The van der Waals surface area contributed by atoms with Gasteiger partial charge in [-0.3, -0.25) is 0 Å². The Morgan fingerprint density at radius 3 is 1.03 bits per heavy atom. The molecule has 0 saturated heterocycles. The standard InChI is InChI=1S/C32H22N4O16S4.2Cu.Na/c37-25-11-15(1-7-23(25)33-35-29-21-5-3-19(53(41,42)43)9-17(21)13-27(31(29)39)55(47,48)49)16-2-8-24(26(38)12-16)34-36-30-22-6-4-20(54(44,45)46)10-18(22)14-28(32(30)40)56(50,51)52;;;/h1-14,37-40H,(H,41,42,43)(H,44,45,46)(H,47,48,49)(H,50,51,52);;;/q;2*+2;+1/p-8. The van der Waals surface area contributed by atoms with Gasteiger partial charge in [-0.1, -0.05) is 59.4 Å². The van der Waals surface area contributed by atoms with Gasteiger partial charge in [0.25, 0.3) is 0 Å². The van der Waals surface area contributed by atoms with Gasteiger partial charge in [-0.05, 0) is 70.4 Å². The summed E-state index contributed by atoms with van der Waals surface area (Å²) in [5.41, 5.74) is -2.14. The van der Waals surface area contributed by atoms with Crippen LogP contribution in [0.1, 0.15) is 0 Å². The predicted molar refractivity (Wildman–Crippen MR) is 178 cm³/mol. The Hall–Kier alpha value is -4.08. The van der Waals surface area contributed by atoms with Gasteiger partial charge >= 0.3 is 63.7 Å². The van der Waals surface area contributed by atoms with Gasteiger partial charge in [-0.2, -0.15) is 20.5 Å².